The number of methoxy groups -OCH3 is 2. The van der Waals surface area contributed by atoms with Crippen molar-refractivity contribution in [2.45, 2.75) is 10.7 Å². The first-order valence-corrected chi connectivity index (χ1v) is 7.78. The van der Waals surface area contributed by atoms with Gasteiger partial charge in [-0.2, -0.15) is 0 Å². The van der Waals surface area contributed by atoms with E-state index in [2.05, 4.69) is 44.0 Å². The Morgan fingerprint density at radius 2 is 1.72 bits per heavy atom. The third-order valence-corrected chi connectivity index (χ3v) is 4.17. The largest absolute Gasteiger partial charge is 0.493 e. The molecule has 0 saturated carbocycles. The van der Waals surface area contributed by atoms with Crippen LogP contribution < -0.4 is 9.47 Å². The maximum absolute atomic E-state index is 5.49. The van der Waals surface area contributed by atoms with E-state index in [1.165, 1.54) is 16.5 Å². The molecule has 0 N–H and O–H groups in total. The Labute approximate surface area is 124 Å². The highest BCUT2D eigenvalue weighted by molar-refractivity contribution is 9.08. The van der Waals surface area contributed by atoms with Crippen LogP contribution in [0.5, 0.6) is 11.5 Å². The van der Waals surface area contributed by atoms with Crippen molar-refractivity contribution in [3.05, 3.63) is 35.4 Å². The Kier molecular flexibility index (Phi) is 4.51. The van der Waals surface area contributed by atoms with Crippen LogP contribution in [0, 0.1) is 0 Å². The molecule has 96 valence electrons. The fraction of sp³-hybridized carbons (Fsp3) is 0.286. The molecule has 0 heterocycles. The number of halogens is 2. The van der Waals surface area contributed by atoms with E-state index in [-0.39, 0.29) is 0 Å². The average molecular weight is 374 g/mol. The Balaban J connectivity index is 2.89. The maximum atomic E-state index is 5.49. The second kappa shape index (κ2) is 5.93. The summed E-state index contributed by atoms with van der Waals surface area (Å²) in [5, 5.41) is 3.92. The second-order valence-electron chi connectivity index (χ2n) is 3.88. The number of hydrogen-bond donors (Lipinski definition) is 0. The minimum absolute atomic E-state index is 0.770. The normalized spacial score (nSPS) is 10.7. The lowest BCUT2D eigenvalue weighted by Crippen LogP contribution is -1.96. The molecular weight excluding hydrogens is 360 g/mol. The first kappa shape index (κ1) is 13.7. The van der Waals surface area contributed by atoms with Gasteiger partial charge in [0.2, 0.25) is 0 Å². The van der Waals surface area contributed by atoms with Crippen LogP contribution in [0.3, 0.4) is 0 Å². The van der Waals surface area contributed by atoms with Gasteiger partial charge in [0, 0.05) is 16.0 Å². The number of hydrogen-bond acceptors (Lipinski definition) is 2. The van der Waals surface area contributed by atoms with Gasteiger partial charge >= 0.3 is 0 Å². The van der Waals surface area contributed by atoms with E-state index >= 15 is 0 Å². The first-order chi connectivity index (χ1) is 8.76. The van der Waals surface area contributed by atoms with Crippen molar-refractivity contribution in [2.24, 2.45) is 0 Å². The first-order valence-electron chi connectivity index (χ1n) is 5.54. The van der Waals surface area contributed by atoms with Gasteiger partial charge in [-0.15, -0.1) is 0 Å². The molecule has 0 unspecified atom stereocenters. The van der Waals surface area contributed by atoms with Gasteiger partial charge in [-0.05, 0) is 22.6 Å². The van der Waals surface area contributed by atoms with Gasteiger partial charge in [-0.1, -0.05) is 50.1 Å². The van der Waals surface area contributed by atoms with E-state index in [0.717, 1.165) is 27.5 Å². The van der Waals surface area contributed by atoms with E-state index < -0.39 is 0 Å². The minimum Gasteiger partial charge on any atom is -0.493 e. The van der Waals surface area contributed by atoms with Gasteiger partial charge in [0.15, 0.2) is 11.5 Å². The molecular formula is C14H14Br2O2. The molecule has 0 aliphatic carbocycles. The van der Waals surface area contributed by atoms with Gasteiger partial charge < -0.3 is 9.47 Å². The van der Waals surface area contributed by atoms with Gasteiger partial charge in [0.25, 0.3) is 0 Å². The zero-order valence-corrected chi connectivity index (χ0v) is 13.5. The molecule has 2 aromatic rings. The zero-order chi connectivity index (χ0) is 13.1. The van der Waals surface area contributed by atoms with Crippen molar-refractivity contribution in [1.82, 2.24) is 0 Å². The van der Waals surface area contributed by atoms with Crippen LogP contribution in [0.25, 0.3) is 10.8 Å². The van der Waals surface area contributed by atoms with E-state index in [1.807, 2.05) is 12.1 Å². The molecule has 2 nitrogen and oxygen atoms in total. The third kappa shape index (κ3) is 2.24. The Morgan fingerprint density at radius 1 is 1.00 bits per heavy atom. The summed E-state index contributed by atoms with van der Waals surface area (Å²) in [6.07, 6.45) is 0. The fourth-order valence-electron chi connectivity index (χ4n) is 2.18. The molecule has 0 aliphatic heterocycles. The lowest BCUT2D eigenvalue weighted by atomic mass is 9.99. The van der Waals surface area contributed by atoms with Gasteiger partial charge in [-0.3, -0.25) is 0 Å². The van der Waals surface area contributed by atoms with Crippen LogP contribution in [0.1, 0.15) is 11.1 Å². The Morgan fingerprint density at radius 3 is 2.28 bits per heavy atom. The minimum atomic E-state index is 0.770. The van der Waals surface area contributed by atoms with Gasteiger partial charge in [-0.25, -0.2) is 0 Å². The van der Waals surface area contributed by atoms with Crippen LogP contribution in [0.2, 0.25) is 0 Å². The number of rotatable bonds is 4. The third-order valence-electron chi connectivity index (χ3n) is 2.96. The van der Waals surface area contributed by atoms with Crippen LogP contribution in [0.15, 0.2) is 24.3 Å². The summed E-state index contributed by atoms with van der Waals surface area (Å²) >= 11 is 7.08. The number of ether oxygens (including phenoxy) is 2. The van der Waals surface area contributed by atoms with E-state index in [0.29, 0.717) is 0 Å². The van der Waals surface area contributed by atoms with Crippen molar-refractivity contribution < 1.29 is 9.47 Å². The summed E-state index contributed by atoms with van der Waals surface area (Å²) in [5.41, 5.74) is 2.46. The van der Waals surface area contributed by atoms with Crippen molar-refractivity contribution in [3.8, 4) is 11.5 Å². The highest BCUT2D eigenvalue weighted by Gasteiger charge is 2.14. The molecule has 0 spiro atoms. The lowest BCUT2D eigenvalue weighted by Gasteiger charge is -2.15. The highest BCUT2D eigenvalue weighted by atomic mass is 79.9. The molecule has 0 radical (unpaired) electrons. The van der Waals surface area contributed by atoms with Crippen LogP contribution >= 0.6 is 31.9 Å². The molecule has 18 heavy (non-hydrogen) atoms. The van der Waals surface area contributed by atoms with Gasteiger partial charge in [0.1, 0.15) is 0 Å². The van der Waals surface area contributed by atoms with Crippen molar-refractivity contribution >= 4 is 42.6 Å². The molecule has 0 aliphatic rings. The summed E-state index contributed by atoms with van der Waals surface area (Å²) in [7, 11) is 3.34. The molecule has 0 amide bonds. The molecule has 0 bridgehead atoms. The summed E-state index contributed by atoms with van der Waals surface area (Å²) in [6.45, 7) is 0. The van der Waals surface area contributed by atoms with Crippen molar-refractivity contribution in [3.63, 3.8) is 0 Å². The highest BCUT2D eigenvalue weighted by Crippen LogP contribution is 2.40. The second-order valence-corrected chi connectivity index (χ2v) is 5.00. The van der Waals surface area contributed by atoms with E-state index in [9.17, 15) is 0 Å². The summed E-state index contributed by atoms with van der Waals surface area (Å²) in [5.74, 6) is 1.56. The van der Waals surface area contributed by atoms with Gasteiger partial charge in [0.05, 0.1) is 14.2 Å². The van der Waals surface area contributed by atoms with E-state index in [1.54, 1.807) is 14.2 Å². The monoisotopic (exact) mass is 372 g/mol. The maximum Gasteiger partial charge on any atom is 0.168 e. The smallest absolute Gasteiger partial charge is 0.168 e. The predicted molar refractivity (Wildman–Crippen MR) is 82.3 cm³/mol. The molecule has 2 rings (SSSR count). The molecule has 0 fully saturated rings. The van der Waals surface area contributed by atoms with Crippen LogP contribution in [-0.4, -0.2) is 14.2 Å². The topological polar surface area (TPSA) is 18.5 Å². The SMILES string of the molecule is COc1cc(CBr)c2c(CBr)cccc2c1OC. The van der Waals surface area contributed by atoms with Crippen LogP contribution in [0.4, 0.5) is 0 Å². The molecule has 2 aromatic carbocycles. The molecule has 4 heteroatoms. The number of fused-ring (bicyclic) bond motifs is 1. The van der Waals surface area contributed by atoms with Crippen molar-refractivity contribution in [2.75, 3.05) is 14.2 Å². The summed E-state index contributed by atoms with van der Waals surface area (Å²) < 4.78 is 10.9. The number of alkyl halides is 2. The molecule has 0 aromatic heterocycles. The zero-order valence-electron chi connectivity index (χ0n) is 10.3. The quantitative estimate of drug-likeness (QED) is 0.726. The molecule has 0 atom stereocenters. The molecule has 0 saturated heterocycles. The lowest BCUT2D eigenvalue weighted by molar-refractivity contribution is 0.358. The standard InChI is InChI=1S/C14H14Br2O2/c1-17-12-6-10(8-16)13-9(7-15)4-3-5-11(13)14(12)18-2/h3-6H,7-8H2,1-2H3. The number of benzene rings is 2. The van der Waals surface area contributed by atoms with E-state index in [4.69, 9.17) is 9.47 Å². The Hall–Kier alpha value is -0.740. The fourth-order valence-corrected chi connectivity index (χ4v) is 3.09. The average Bonchev–Trinajstić information content (AvgIpc) is 2.44. The summed E-state index contributed by atoms with van der Waals surface area (Å²) in [6, 6.07) is 8.26. The Bertz CT molecular complexity index is 567. The van der Waals surface area contributed by atoms with Crippen LogP contribution in [-0.2, 0) is 10.7 Å². The summed E-state index contributed by atoms with van der Waals surface area (Å²) in [4.78, 5) is 0. The van der Waals surface area contributed by atoms with Crippen molar-refractivity contribution in [1.29, 1.82) is 0 Å². The predicted octanol–water partition coefficient (Wildman–Crippen LogP) is 4.65.